The van der Waals surface area contributed by atoms with Crippen LogP contribution in [-0.2, 0) is 16.1 Å². The van der Waals surface area contributed by atoms with Crippen LogP contribution in [0.1, 0.15) is 27.5 Å². The summed E-state index contributed by atoms with van der Waals surface area (Å²) in [5, 5.41) is 9.58. The standard InChI is InChI=1S/C22H20N2O4S/c25-21-11-10-18(13-28-14-20-23-12-19(29-20)22(26)27)24(21)17-8-6-16(7-9-17)15-4-2-1-3-5-15/h1-9,12,18H,10-11,13-14H2,(H,26,27)/t18-/m1/s1. The summed E-state index contributed by atoms with van der Waals surface area (Å²) in [6.07, 6.45) is 2.57. The molecule has 1 aromatic heterocycles. The van der Waals surface area contributed by atoms with Crippen molar-refractivity contribution in [3.05, 3.63) is 70.7 Å². The maximum atomic E-state index is 12.4. The first kappa shape index (κ1) is 19.3. The molecule has 3 aromatic rings. The van der Waals surface area contributed by atoms with E-state index in [9.17, 15) is 9.59 Å². The lowest BCUT2D eigenvalue weighted by atomic mass is 10.1. The summed E-state index contributed by atoms with van der Waals surface area (Å²) in [6, 6.07) is 18.1. The molecule has 6 nitrogen and oxygen atoms in total. The summed E-state index contributed by atoms with van der Waals surface area (Å²) in [5.74, 6) is -0.895. The highest BCUT2D eigenvalue weighted by Gasteiger charge is 2.32. The third-order valence-corrected chi connectivity index (χ3v) is 5.84. The van der Waals surface area contributed by atoms with Gasteiger partial charge < -0.3 is 14.7 Å². The van der Waals surface area contributed by atoms with E-state index in [-0.39, 0.29) is 23.4 Å². The first-order valence-electron chi connectivity index (χ1n) is 9.35. The molecule has 0 unspecified atom stereocenters. The molecule has 0 aliphatic carbocycles. The molecule has 0 spiro atoms. The molecular formula is C22H20N2O4S. The number of carbonyl (C=O) groups is 2. The van der Waals surface area contributed by atoms with Gasteiger partial charge in [0.15, 0.2) is 0 Å². The average Bonchev–Trinajstić information content (AvgIpc) is 3.36. The Morgan fingerprint density at radius 3 is 2.55 bits per heavy atom. The van der Waals surface area contributed by atoms with Crippen LogP contribution < -0.4 is 4.90 Å². The monoisotopic (exact) mass is 408 g/mol. The summed E-state index contributed by atoms with van der Waals surface area (Å²) in [7, 11) is 0. The number of rotatable bonds is 7. The number of anilines is 1. The molecule has 1 amide bonds. The SMILES string of the molecule is O=C(O)c1cnc(COC[C@H]2CCC(=O)N2c2ccc(-c3ccccc3)cc2)s1. The number of nitrogens with zero attached hydrogens (tertiary/aromatic N) is 2. The van der Waals surface area contributed by atoms with Gasteiger partial charge in [-0.3, -0.25) is 4.79 Å². The Kier molecular flexibility index (Phi) is 5.69. The van der Waals surface area contributed by atoms with E-state index in [1.165, 1.54) is 6.20 Å². The van der Waals surface area contributed by atoms with Crippen molar-refractivity contribution in [3.8, 4) is 11.1 Å². The Morgan fingerprint density at radius 1 is 1.14 bits per heavy atom. The highest BCUT2D eigenvalue weighted by molar-refractivity contribution is 7.13. The first-order valence-corrected chi connectivity index (χ1v) is 10.2. The number of benzene rings is 2. The van der Waals surface area contributed by atoms with Crippen molar-refractivity contribution in [2.75, 3.05) is 11.5 Å². The molecule has 1 aliphatic rings. The van der Waals surface area contributed by atoms with Crippen LogP contribution >= 0.6 is 11.3 Å². The molecular weight excluding hydrogens is 388 g/mol. The quantitative estimate of drug-likeness (QED) is 0.633. The van der Waals surface area contributed by atoms with Crippen LogP contribution in [0.5, 0.6) is 0 Å². The number of thiazole rings is 1. The van der Waals surface area contributed by atoms with Gasteiger partial charge in [0.05, 0.1) is 25.5 Å². The minimum absolute atomic E-state index is 0.0380. The number of carboxylic acid groups (broad SMARTS) is 1. The Hall–Kier alpha value is -3.03. The molecule has 0 bridgehead atoms. The second-order valence-corrected chi connectivity index (χ2v) is 7.92. The van der Waals surface area contributed by atoms with E-state index < -0.39 is 5.97 Å². The minimum atomic E-state index is -0.986. The summed E-state index contributed by atoms with van der Waals surface area (Å²) >= 11 is 1.10. The zero-order valence-corrected chi connectivity index (χ0v) is 16.5. The lowest BCUT2D eigenvalue weighted by Crippen LogP contribution is -2.36. The summed E-state index contributed by atoms with van der Waals surface area (Å²) in [5.41, 5.74) is 3.10. The Balaban J connectivity index is 1.40. The largest absolute Gasteiger partial charge is 0.477 e. The van der Waals surface area contributed by atoms with Crippen molar-refractivity contribution in [1.29, 1.82) is 0 Å². The van der Waals surface area contributed by atoms with Gasteiger partial charge in [-0.1, -0.05) is 42.5 Å². The van der Waals surface area contributed by atoms with Gasteiger partial charge in [-0.05, 0) is 29.7 Å². The van der Waals surface area contributed by atoms with Gasteiger partial charge in [-0.15, -0.1) is 11.3 Å². The van der Waals surface area contributed by atoms with Crippen molar-refractivity contribution in [2.24, 2.45) is 0 Å². The van der Waals surface area contributed by atoms with Crippen molar-refractivity contribution >= 4 is 28.9 Å². The molecule has 7 heteroatoms. The molecule has 1 atom stereocenters. The van der Waals surface area contributed by atoms with E-state index in [1.807, 2.05) is 42.5 Å². The van der Waals surface area contributed by atoms with Crippen molar-refractivity contribution < 1.29 is 19.4 Å². The Morgan fingerprint density at radius 2 is 1.86 bits per heavy atom. The molecule has 0 saturated carbocycles. The van der Waals surface area contributed by atoms with Crippen LogP contribution in [0.3, 0.4) is 0 Å². The van der Waals surface area contributed by atoms with Crippen LogP contribution in [0, 0.1) is 0 Å². The fourth-order valence-corrected chi connectivity index (χ4v) is 4.15. The van der Waals surface area contributed by atoms with Crippen molar-refractivity contribution in [1.82, 2.24) is 4.98 Å². The molecule has 0 radical (unpaired) electrons. The molecule has 1 aliphatic heterocycles. The van der Waals surface area contributed by atoms with E-state index in [1.54, 1.807) is 4.90 Å². The second kappa shape index (κ2) is 8.55. The van der Waals surface area contributed by atoms with Gasteiger partial charge in [0.25, 0.3) is 0 Å². The van der Waals surface area contributed by atoms with Crippen LogP contribution in [0.15, 0.2) is 60.8 Å². The van der Waals surface area contributed by atoms with Crippen molar-refractivity contribution in [2.45, 2.75) is 25.5 Å². The number of hydrogen-bond donors (Lipinski definition) is 1. The zero-order chi connectivity index (χ0) is 20.2. The Labute approximate surface area is 172 Å². The predicted molar refractivity (Wildman–Crippen MR) is 111 cm³/mol. The van der Waals surface area contributed by atoms with E-state index in [0.717, 1.165) is 34.6 Å². The average molecular weight is 408 g/mol. The van der Waals surface area contributed by atoms with Crippen LogP contribution in [0.4, 0.5) is 5.69 Å². The molecule has 2 aromatic carbocycles. The smallest absolute Gasteiger partial charge is 0.347 e. The number of aromatic carboxylic acids is 1. The summed E-state index contributed by atoms with van der Waals surface area (Å²) in [4.78, 5) is 29.4. The highest BCUT2D eigenvalue weighted by atomic mass is 32.1. The normalized spacial score (nSPS) is 16.3. The van der Waals surface area contributed by atoms with E-state index >= 15 is 0 Å². The number of hydrogen-bond acceptors (Lipinski definition) is 5. The molecule has 29 heavy (non-hydrogen) atoms. The van der Waals surface area contributed by atoms with Crippen LogP contribution in [0.2, 0.25) is 0 Å². The third-order valence-electron chi connectivity index (χ3n) is 4.88. The fraction of sp³-hybridized carbons (Fsp3) is 0.227. The van der Waals surface area contributed by atoms with Gasteiger partial charge in [0, 0.05) is 12.1 Å². The lowest BCUT2D eigenvalue weighted by molar-refractivity contribution is -0.117. The maximum Gasteiger partial charge on any atom is 0.347 e. The summed E-state index contributed by atoms with van der Waals surface area (Å²) < 4.78 is 5.75. The van der Waals surface area contributed by atoms with E-state index in [0.29, 0.717) is 18.0 Å². The van der Waals surface area contributed by atoms with Gasteiger partial charge in [0.1, 0.15) is 9.88 Å². The first-order chi connectivity index (χ1) is 14.1. The van der Waals surface area contributed by atoms with Gasteiger partial charge >= 0.3 is 5.97 Å². The van der Waals surface area contributed by atoms with Crippen molar-refractivity contribution in [3.63, 3.8) is 0 Å². The number of carboxylic acids is 1. The number of aromatic nitrogens is 1. The molecule has 2 heterocycles. The van der Waals surface area contributed by atoms with Crippen LogP contribution in [-0.4, -0.2) is 34.6 Å². The van der Waals surface area contributed by atoms with Crippen LogP contribution in [0.25, 0.3) is 11.1 Å². The second-order valence-electron chi connectivity index (χ2n) is 6.81. The maximum absolute atomic E-state index is 12.4. The van der Waals surface area contributed by atoms with Gasteiger partial charge in [-0.2, -0.15) is 0 Å². The molecule has 1 saturated heterocycles. The lowest BCUT2D eigenvalue weighted by Gasteiger charge is -2.25. The number of amides is 1. The summed E-state index contributed by atoms with van der Waals surface area (Å²) in [6.45, 7) is 0.623. The van der Waals surface area contributed by atoms with E-state index in [4.69, 9.17) is 9.84 Å². The van der Waals surface area contributed by atoms with E-state index in [2.05, 4.69) is 17.1 Å². The highest BCUT2D eigenvalue weighted by Crippen LogP contribution is 2.29. The Bertz CT molecular complexity index is 1000. The molecule has 1 N–H and O–H groups in total. The third kappa shape index (κ3) is 4.36. The molecule has 1 fully saturated rings. The topological polar surface area (TPSA) is 79.7 Å². The van der Waals surface area contributed by atoms with Gasteiger partial charge in [0.2, 0.25) is 5.91 Å². The van der Waals surface area contributed by atoms with Gasteiger partial charge in [-0.25, -0.2) is 9.78 Å². The minimum Gasteiger partial charge on any atom is -0.477 e. The molecule has 4 rings (SSSR count). The number of ether oxygens (including phenoxy) is 1. The number of carbonyl (C=O) groups excluding carboxylic acids is 1. The fourth-order valence-electron chi connectivity index (χ4n) is 3.46. The zero-order valence-electron chi connectivity index (χ0n) is 15.7. The molecule has 148 valence electrons. The predicted octanol–water partition coefficient (Wildman–Crippen LogP) is 4.22.